The van der Waals surface area contributed by atoms with Gasteiger partial charge in [0.25, 0.3) is 0 Å². The SMILES string of the molecule is COc1ccc(S(=O)(=O)N2[C@H]3CC[C@H]2CC(NC(=O)C2CC2)C3)cc1. The van der Waals surface area contributed by atoms with Gasteiger partial charge in [0.2, 0.25) is 15.9 Å². The minimum absolute atomic E-state index is 0.0182. The number of carbonyl (C=O) groups is 1. The largest absolute Gasteiger partial charge is 0.497 e. The van der Waals surface area contributed by atoms with Crippen molar-refractivity contribution in [3.05, 3.63) is 24.3 Å². The van der Waals surface area contributed by atoms with Crippen LogP contribution in [-0.4, -0.2) is 43.9 Å². The quantitative estimate of drug-likeness (QED) is 0.866. The maximum absolute atomic E-state index is 13.1. The van der Waals surface area contributed by atoms with Gasteiger partial charge in [0, 0.05) is 24.0 Å². The maximum Gasteiger partial charge on any atom is 0.243 e. The zero-order valence-corrected chi connectivity index (χ0v) is 15.2. The number of carbonyl (C=O) groups excluding carboxylic acids is 1. The first-order valence-corrected chi connectivity index (χ1v) is 10.4. The average Bonchev–Trinajstić information content (AvgIpc) is 3.40. The summed E-state index contributed by atoms with van der Waals surface area (Å²) in [6.07, 6.45) is 5.15. The van der Waals surface area contributed by atoms with Crippen molar-refractivity contribution in [3.63, 3.8) is 0 Å². The van der Waals surface area contributed by atoms with E-state index in [-0.39, 0.29) is 30.0 Å². The second-order valence-electron chi connectivity index (χ2n) is 7.35. The van der Waals surface area contributed by atoms with Crippen molar-refractivity contribution < 1.29 is 17.9 Å². The van der Waals surface area contributed by atoms with E-state index in [4.69, 9.17) is 4.74 Å². The summed E-state index contributed by atoms with van der Waals surface area (Å²) < 4.78 is 33.0. The Bertz CT molecular complexity index is 744. The zero-order valence-electron chi connectivity index (χ0n) is 14.3. The van der Waals surface area contributed by atoms with Gasteiger partial charge in [-0.1, -0.05) is 0 Å². The molecule has 0 radical (unpaired) electrons. The molecule has 1 aromatic rings. The summed E-state index contributed by atoms with van der Waals surface area (Å²) in [5, 5.41) is 3.13. The molecule has 1 aromatic carbocycles. The van der Waals surface area contributed by atoms with Gasteiger partial charge in [0.05, 0.1) is 12.0 Å². The fourth-order valence-electron chi connectivity index (χ4n) is 4.18. The fraction of sp³-hybridized carbons (Fsp3) is 0.611. The maximum atomic E-state index is 13.1. The van der Waals surface area contributed by atoms with Crippen LogP contribution in [0.3, 0.4) is 0 Å². The molecule has 1 aliphatic carbocycles. The molecule has 2 saturated heterocycles. The van der Waals surface area contributed by atoms with Crippen LogP contribution in [0.5, 0.6) is 5.75 Å². The van der Waals surface area contributed by atoms with Gasteiger partial charge < -0.3 is 10.1 Å². The summed E-state index contributed by atoms with van der Waals surface area (Å²) in [4.78, 5) is 12.3. The molecule has 2 atom stereocenters. The van der Waals surface area contributed by atoms with Crippen molar-refractivity contribution in [2.45, 2.75) is 61.5 Å². The summed E-state index contributed by atoms with van der Waals surface area (Å²) in [6.45, 7) is 0. The molecule has 3 fully saturated rings. The van der Waals surface area contributed by atoms with Gasteiger partial charge in [-0.2, -0.15) is 4.31 Å². The van der Waals surface area contributed by atoms with Crippen LogP contribution in [0.25, 0.3) is 0 Å². The van der Waals surface area contributed by atoms with Crippen molar-refractivity contribution in [2.75, 3.05) is 7.11 Å². The Morgan fingerprint density at radius 2 is 1.68 bits per heavy atom. The molecular formula is C18H24N2O4S. The number of ether oxygens (including phenoxy) is 1. The first kappa shape index (κ1) is 16.8. The molecule has 0 unspecified atom stereocenters. The Kier molecular flexibility index (Phi) is 4.24. The number of fused-ring (bicyclic) bond motifs is 2. The Morgan fingerprint density at radius 3 is 2.20 bits per heavy atom. The summed E-state index contributed by atoms with van der Waals surface area (Å²) in [7, 11) is -1.95. The summed E-state index contributed by atoms with van der Waals surface area (Å²) >= 11 is 0. The Balaban J connectivity index is 1.50. The number of nitrogens with one attached hydrogen (secondary N) is 1. The molecule has 0 spiro atoms. The number of methoxy groups -OCH3 is 1. The van der Waals surface area contributed by atoms with Crippen LogP contribution in [0.4, 0.5) is 0 Å². The van der Waals surface area contributed by atoms with E-state index in [1.807, 2.05) is 0 Å². The zero-order chi connectivity index (χ0) is 17.6. The lowest BCUT2D eigenvalue weighted by atomic mass is 9.99. The predicted molar refractivity (Wildman–Crippen MR) is 92.7 cm³/mol. The highest BCUT2D eigenvalue weighted by Gasteiger charge is 2.47. The molecule has 2 aliphatic heterocycles. The summed E-state index contributed by atoms with van der Waals surface area (Å²) in [5.74, 6) is 0.984. The fourth-order valence-corrected chi connectivity index (χ4v) is 6.07. The van der Waals surface area contributed by atoms with Crippen molar-refractivity contribution >= 4 is 15.9 Å². The Labute approximate surface area is 148 Å². The summed E-state index contributed by atoms with van der Waals surface area (Å²) in [6, 6.07) is 6.64. The third kappa shape index (κ3) is 3.15. The Morgan fingerprint density at radius 1 is 1.08 bits per heavy atom. The van der Waals surface area contributed by atoms with E-state index in [1.54, 1.807) is 35.7 Å². The molecular weight excluding hydrogens is 340 g/mol. The standard InChI is InChI=1S/C18H24N2O4S/c1-24-16-6-8-17(9-7-16)25(22,23)20-14-4-5-15(20)11-13(10-14)19-18(21)12-2-3-12/h6-9,12-15H,2-5,10-11H2,1H3,(H,19,21)/t14-,15-/m0/s1. The van der Waals surface area contributed by atoms with Crippen LogP contribution in [0.1, 0.15) is 38.5 Å². The van der Waals surface area contributed by atoms with Gasteiger partial charge in [-0.05, 0) is 62.8 Å². The third-order valence-electron chi connectivity index (χ3n) is 5.60. The van der Waals surface area contributed by atoms with Gasteiger partial charge in [-0.25, -0.2) is 8.42 Å². The number of hydrogen-bond donors (Lipinski definition) is 1. The third-order valence-corrected chi connectivity index (χ3v) is 7.61. The van der Waals surface area contributed by atoms with E-state index in [0.717, 1.165) is 25.7 Å². The van der Waals surface area contributed by atoms with E-state index in [9.17, 15) is 13.2 Å². The van der Waals surface area contributed by atoms with E-state index < -0.39 is 10.0 Å². The minimum Gasteiger partial charge on any atom is -0.497 e. The molecule has 136 valence electrons. The van der Waals surface area contributed by atoms with E-state index >= 15 is 0 Å². The molecule has 6 nitrogen and oxygen atoms in total. The molecule has 1 N–H and O–H groups in total. The number of rotatable bonds is 5. The number of benzene rings is 1. The van der Waals surface area contributed by atoms with Crippen LogP contribution in [-0.2, 0) is 14.8 Å². The van der Waals surface area contributed by atoms with E-state index in [2.05, 4.69) is 5.32 Å². The lowest BCUT2D eigenvalue weighted by Gasteiger charge is -2.38. The monoisotopic (exact) mass is 364 g/mol. The minimum atomic E-state index is -3.51. The molecule has 0 aromatic heterocycles. The molecule has 7 heteroatoms. The van der Waals surface area contributed by atoms with Crippen LogP contribution in [0.15, 0.2) is 29.2 Å². The normalized spacial score (nSPS) is 29.4. The molecule has 3 aliphatic rings. The predicted octanol–water partition coefficient (Wildman–Crippen LogP) is 1.91. The van der Waals surface area contributed by atoms with Gasteiger partial charge in [0.1, 0.15) is 5.75 Å². The van der Waals surface area contributed by atoms with Crippen LogP contribution in [0, 0.1) is 5.92 Å². The molecule has 1 amide bonds. The van der Waals surface area contributed by atoms with Crippen LogP contribution < -0.4 is 10.1 Å². The first-order valence-electron chi connectivity index (χ1n) is 8.97. The van der Waals surface area contributed by atoms with Gasteiger partial charge in [0.15, 0.2) is 0 Å². The lowest BCUT2D eigenvalue weighted by molar-refractivity contribution is -0.123. The molecule has 2 heterocycles. The number of piperidine rings is 1. The molecule has 25 heavy (non-hydrogen) atoms. The van der Waals surface area contributed by atoms with Crippen molar-refractivity contribution in [1.82, 2.24) is 9.62 Å². The highest BCUT2D eigenvalue weighted by molar-refractivity contribution is 7.89. The lowest BCUT2D eigenvalue weighted by Crippen LogP contribution is -2.52. The summed E-state index contributed by atoms with van der Waals surface area (Å²) in [5.41, 5.74) is 0. The van der Waals surface area contributed by atoms with E-state index in [0.29, 0.717) is 23.5 Å². The van der Waals surface area contributed by atoms with Crippen molar-refractivity contribution in [1.29, 1.82) is 0 Å². The number of nitrogens with zero attached hydrogens (tertiary/aromatic N) is 1. The van der Waals surface area contributed by atoms with Crippen LogP contribution in [0.2, 0.25) is 0 Å². The molecule has 1 saturated carbocycles. The smallest absolute Gasteiger partial charge is 0.243 e. The second-order valence-corrected chi connectivity index (χ2v) is 9.19. The van der Waals surface area contributed by atoms with Gasteiger partial charge >= 0.3 is 0 Å². The number of hydrogen-bond acceptors (Lipinski definition) is 4. The second kappa shape index (κ2) is 6.29. The molecule has 2 bridgehead atoms. The number of sulfonamides is 1. The van der Waals surface area contributed by atoms with Gasteiger partial charge in [-0.15, -0.1) is 0 Å². The first-order chi connectivity index (χ1) is 12.0. The van der Waals surface area contributed by atoms with Crippen molar-refractivity contribution in [2.24, 2.45) is 5.92 Å². The van der Waals surface area contributed by atoms with Crippen LogP contribution >= 0.6 is 0 Å². The van der Waals surface area contributed by atoms with Crippen molar-refractivity contribution in [3.8, 4) is 5.75 Å². The highest BCUT2D eigenvalue weighted by atomic mass is 32.2. The molecule has 4 rings (SSSR count). The topological polar surface area (TPSA) is 75.7 Å². The van der Waals surface area contributed by atoms with E-state index in [1.165, 1.54) is 0 Å². The van der Waals surface area contributed by atoms with Gasteiger partial charge in [-0.3, -0.25) is 4.79 Å². The average molecular weight is 364 g/mol. The highest BCUT2D eigenvalue weighted by Crippen LogP contribution is 2.40. The Hall–Kier alpha value is -1.60. The number of amides is 1.